The van der Waals surface area contributed by atoms with Crippen molar-refractivity contribution in [3.63, 3.8) is 0 Å². The standard InChI is InChI=1S/C18H23N7/c1-12-5-6-13(2)14(11-12)22-17-15-16(20-8-7-19-15)23-18(24-17)21-9-10-25(3)4/h5-8,11H,9-10H2,1-4H3,(H2,20,21,22,23,24). The third kappa shape index (κ3) is 4.19. The third-order valence-electron chi connectivity index (χ3n) is 3.82. The molecular formula is C18H23N7. The zero-order chi connectivity index (χ0) is 17.8. The molecule has 0 saturated carbocycles. The van der Waals surface area contributed by atoms with Crippen molar-refractivity contribution < 1.29 is 0 Å². The lowest BCUT2D eigenvalue weighted by Gasteiger charge is -2.14. The monoisotopic (exact) mass is 337 g/mol. The molecule has 130 valence electrons. The molecule has 0 radical (unpaired) electrons. The number of nitrogens with one attached hydrogen (secondary N) is 2. The normalized spacial score (nSPS) is 11.1. The van der Waals surface area contributed by atoms with E-state index in [2.05, 4.69) is 67.5 Å². The number of aromatic nitrogens is 4. The molecule has 2 aromatic heterocycles. The highest BCUT2D eigenvalue weighted by molar-refractivity contribution is 5.86. The van der Waals surface area contributed by atoms with Gasteiger partial charge in [-0.05, 0) is 45.1 Å². The van der Waals surface area contributed by atoms with Crippen LogP contribution < -0.4 is 10.6 Å². The molecule has 0 saturated heterocycles. The van der Waals surface area contributed by atoms with Crippen LogP contribution in [0.25, 0.3) is 11.2 Å². The van der Waals surface area contributed by atoms with Crippen molar-refractivity contribution >= 4 is 28.6 Å². The van der Waals surface area contributed by atoms with E-state index in [1.807, 2.05) is 14.1 Å². The largest absolute Gasteiger partial charge is 0.353 e. The maximum absolute atomic E-state index is 4.61. The van der Waals surface area contributed by atoms with Gasteiger partial charge in [-0.25, -0.2) is 9.97 Å². The molecule has 0 aliphatic rings. The highest BCUT2D eigenvalue weighted by Crippen LogP contribution is 2.25. The molecule has 0 aliphatic carbocycles. The quantitative estimate of drug-likeness (QED) is 0.716. The van der Waals surface area contributed by atoms with Crippen LogP contribution in [0, 0.1) is 13.8 Å². The van der Waals surface area contributed by atoms with Crippen LogP contribution in [0.15, 0.2) is 30.6 Å². The van der Waals surface area contributed by atoms with Crippen LogP contribution in [0.4, 0.5) is 17.5 Å². The molecule has 0 amide bonds. The van der Waals surface area contributed by atoms with E-state index in [1.54, 1.807) is 12.4 Å². The van der Waals surface area contributed by atoms with E-state index in [0.717, 1.165) is 24.3 Å². The first-order chi connectivity index (χ1) is 12.0. The van der Waals surface area contributed by atoms with Crippen molar-refractivity contribution in [2.24, 2.45) is 0 Å². The second-order valence-electron chi connectivity index (χ2n) is 6.30. The number of rotatable bonds is 6. The molecule has 0 unspecified atom stereocenters. The molecule has 25 heavy (non-hydrogen) atoms. The molecule has 0 fully saturated rings. The summed E-state index contributed by atoms with van der Waals surface area (Å²) in [5, 5.41) is 6.64. The molecule has 0 atom stereocenters. The molecular weight excluding hydrogens is 314 g/mol. The van der Waals surface area contributed by atoms with Crippen molar-refractivity contribution in [1.82, 2.24) is 24.8 Å². The minimum atomic E-state index is 0.544. The van der Waals surface area contributed by atoms with Gasteiger partial charge in [-0.3, -0.25) is 0 Å². The first kappa shape index (κ1) is 17.0. The maximum atomic E-state index is 4.61. The van der Waals surface area contributed by atoms with E-state index in [0.29, 0.717) is 22.9 Å². The second kappa shape index (κ2) is 7.40. The van der Waals surface area contributed by atoms with Gasteiger partial charge in [-0.2, -0.15) is 9.97 Å². The van der Waals surface area contributed by atoms with Crippen LogP contribution >= 0.6 is 0 Å². The van der Waals surface area contributed by atoms with Crippen molar-refractivity contribution in [2.45, 2.75) is 13.8 Å². The minimum Gasteiger partial charge on any atom is -0.353 e. The molecule has 3 rings (SSSR count). The Hall–Kier alpha value is -2.80. The summed E-state index contributed by atoms with van der Waals surface area (Å²) in [6, 6.07) is 6.27. The SMILES string of the molecule is Cc1ccc(C)c(Nc2nc(NCCN(C)C)nc3nccnc23)c1. The highest BCUT2D eigenvalue weighted by Gasteiger charge is 2.11. The van der Waals surface area contributed by atoms with Gasteiger partial charge in [0, 0.05) is 31.2 Å². The number of anilines is 3. The molecule has 3 aromatic rings. The van der Waals surface area contributed by atoms with Gasteiger partial charge in [-0.1, -0.05) is 12.1 Å². The molecule has 7 heteroatoms. The Balaban J connectivity index is 1.96. The average molecular weight is 337 g/mol. The Bertz CT molecular complexity index is 876. The van der Waals surface area contributed by atoms with Gasteiger partial charge in [-0.15, -0.1) is 0 Å². The zero-order valence-electron chi connectivity index (χ0n) is 15.0. The summed E-state index contributed by atoms with van der Waals surface area (Å²) in [5.74, 6) is 1.20. The van der Waals surface area contributed by atoms with Crippen LogP contribution in [0.5, 0.6) is 0 Å². The Morgan fingerprint density at radius 3 is 2.64 bits per heavy atom. The first-order valence-corrected chi connectivity index (χ1v) is 8.24. The molecule has 1 aromatic carbocycles. The fourth-order valence-corrected chi connectivity index (χ4v) is 2.42. The predicted octanol–water partition coefficient (Wildman–Crippen LogP) is 2.75. The van der Waals surface area contributed by atoms with Crippen LogP contribution in [0.2, 0.25) is 0 Å². The third-order valence-corrected chi connectivity index (χ3v) is 3.82. The Morgan fingerprint density at radius 2 is 1.84 bits per heavy atom. The molecule has 2 N–H and O–H groups in total. The van der Waals surface area contributed by atoms with E-state index >= 15 is 0 Å². The molecule has 0 aliphatic heterocycles. The lowest BCUT2D eigenvalue weighted by atomic mass is 10.1. The molecule has 7 nitrogen and oxygen atoms in total. The Labute approximate surface area is 147 Å². The van der Waals surface area contributed by atoms with Gasteiger partial charge in [0.15, 0.2) is 17.0 Å². The summed E-state index contributed by atoms with van der Waals surface area (Å²) >= 11 is 0. The van der Waals surface area contributed by atoms with Gasteiger partial charge in [0.05, 0.1) is 0 Å². The lowest BCUT2D eigenvalue weighted by molar-refractivity contribution is 0.425. The fourth-order valence-electron chi connectivity index (χ4n) is 2.42. The smallest absolute Gasteiger partial charge is 0.226 e. The number of hydrogen-bond donors (Lipinski definition) is 2. The van der Waals surface area contributed by atoms with Crippen molar-refractivity contribution in [3.05, 3.63) is 41.7 Å². The fraction of sp³-hybridized carbons (Fsp3) is 0.333. The van der Waals surface area contributed by atoms with Crippen molar-refractivity contribution in [1.29, 1.82) is 0 Å². The van der Waals surface area contributed by atoms with Crippen molar-refractivity contribution in [2.75, 3.05) is 37.8 Å². The number of nitrogens with zero attached hydrogens (tertiary/aromatic N) is 5. The van der Waals surface area contributed by atoms with Gasteiger partial charge >= 0.3 is 0 Å². The van der Waals surface area contributed by atoms with Gasteiger partial charge in [0.25, 0.3) is 0 Å². The summed E-state index contributed by atoms with van der Waals surface area (Å²) in [7, 11) is 4.06. The number of likely N-dealkylation sites (N-methyl/N-ethyl adjacent to an activating group) is 1. The van der Waals surface area contributed by atoms with E-state index in [9.17, 15) is 0 Å². The molecule has 0 spiro atoms. The van der Waals surface area contributed by atoms with Gasteiger partial charge < -0.3 is 15.5 Å². The van der Waals surface area contributed by atoms with Crippen molar-refractivity contribution in [3.8, 4) is 0 Å². The molecule has 0 bridgehead atoms. The van der Waals surface area contributed by atoms with Crippen LogP contribution in [-0.2, 0) is 0 Å². The summed E-state index contributed by atoms with van der Waals surface area (Å²) in [6.45, 7) is 5.77. The van der Waals surface area contributed by atoms with Crippen LogP contribution in [0.1, 0.15) is 11.1 Å². The summed E-state index contributed by atoms with van der Waals surface area (Å²) in [4.78, 5) is 19.9. The van der Waals surface area contributed by atoms with Crippen LogP contribution in [0.3, 0.4) is 0 Å². The molecule has 2 heterocycles. The highest BCUT2D eigenvalue weighted by atomic mass is 15.2. The summed E-state index contributed by atoms with van der Waals surface area (Å²) < 4.78 is 0. The summed E-state index contributed by atoms with van der Waals surface area (Å²) in [5.41, 5.74) is 4.55. The first-order valence-electron chi connectivity index (χ1n) is 8.24. The van der Waals surface area contributed by atoms with E-state index in [1.165, 1.54) is 5.56 Å². The number of fused-ring (bicyclic) bond motifs is 1. The predicted molar refractivity (Wildman–Crippen MR) is 101 cm³/mol. The van der Waals surface area contributed by atoms with Crippen LogP contribution in [-0.4, -0.2) is 52.0 Å². The maximum Gasteiger partial charge on any atom is 0.226 e. The van der Waals surface area contributed by atoms with Gasteiger partial charge in [0.2, 0.25) is 5.95 Å². The Morgan fingerprint density at radius 1 is 1.04 bits per heavy atom. The summed E-state index contributed by atoms with van der Waals surface area (Å²) in [6.07, 6.45) is 3.29. The topological polar surface area (TPSA) is 78.9 Å². The number of hydrogen-bond acceptors (Lipinski definition) is 7. The van der Waals surface area contributed by atoms with E-state index < -0.39 is 0 Å². The van der Waals surface area contributed by atoms with E-state index in [-0.39, 0.29) is 0 Å². The average Bonchev–Trinajstić information content (AvgIpc) is 2.58. The van der Waals surface area contributed by atoms with E-state index in [4.69, 9.17) is 0 Å². The van der Waals surface area contributed by atoms with Gasteiger partial charge in [0.1, 0.15) is 0 Å². The number of aryl methyl sites for hydroxylation is 2. The lowest BCUT2D eigenvalue weighted by Crippen LogP contribution is -2.21. The second-order valence-corrected chi connectivity index (χ2v) is 6.30. The zero-order valence-corrected chi connectivity index (χ0v) is 15.0. The number of benzene rings is 1. The minimum absolute atomic E-state index is 0.544. The Kier molecular flexibility index (Phi) is 5.04.